The zero-order chi connectivity index (χ0) is 14.7. The normalized spacial score (nSPS) is 10.2. The molecule has 20 heavy (non-hydrogen) atoms. The van der Waals surface area contributed by atoms with E-state index in [1.54, 1.807) is 43.5 Å². The van der Waals surface area contributed by atoms with E-state index in [1.807, 2.05) is 0 Å². The van der Waals surface area contributed by atoms with Crippen LogP contribution in [0.4, 0.5) is 5.69 Å². The fourth-order valence-electron chi connectivity index (χ4n) is 1.58. The van der Waals surface area contributed by atoms with Crippen molar-refractivity contribution in [2.75, 3.05) is 12.4 Å². The molecule has 0 fully saturated rings. The average Bonchev–Trinajstić information content (AvgIpc) is 2.42. The first-order valence-corrected chi connectivity index (χ1v) is 7.57. The summed E-state index contributed by atoms with van der Waals surface area (Å²) in [5.74, 6) is 0.478. The van der Waals surface area contributed by atoms with Crippen molar-refractivity contribution in [3.63, 3.8) is 0 Å². The van der Waals surface area contributed by atoms with Crippen molar-refractivity contribution >= 4 is 55.1 Å². The number of amides is 1. The van der Waals surface area contributed by atoms with Crippen LogP contribution in [0.1, 0.15) is 10.4 Å². The summed E-state index contributed by atoms with van der Waals surface area (Å²) < 4.78 is 6.66. The quantitative estimate of drug-likeness (QED) is 0.749. The van der Waals surface area contributed by atoms with Crippen molar-refractivity contribution in [3.05, 3.63) is 55.9 Å². The van der Waals surface area contributed by atoms with E-state index in [1.165, 1.54) is 0 Å². The predicted molar refractivity (Wildman–Crippen MR) is 87.8 cm³/mol. The van der Waals surface area contributed by atoms with Gasteiger partial charge in [-0.2, -0.15) is 0 Å². The first-order valence-electron chi connectivity index (χ1n) is 5.61. The lowest BCUT2D eigenvalue weighted by Gasteiger charge is -2.08. The molecule has 2 aromatic rings. The summed E-state index contributed by atoms with van der Waals surface area (Å²) >= 11 is 12.6. The Kier molecular flexibility index (Phi) is 5.07. The van der Waals surface area contributed by atoms with Crippen molar-refractivity contribution in [2.24, 2.45) is 0 Å². The third kappa shape index (κ3) is 3.53. The Bertz CT molecular complexity index is 662. The molecule has 0 radical (unpaired) electrons. The highest BCUT2D eigenvalue weighted by Crippen LogP contribution is 2.28. The number of nitrogens with one attached hydrogen (secondary N) is 1. The number of halogens is 3. The van der Waals surface area contributed by atoms with E-state index >= 15 is 0 Å². The Morgan fingerprint density at radius 1 is 1.15 bits per heavy atom. The summed E-state index contributed by atoms with van der Waals surface area (Å²) in [5.41, 5.74) is 1.16. The number of hydrogen-bond donors (Lipinski definition) is 1. The summed E-state index contributed by atoms with van der Waals surface area (Å²) in [7, 11) is 1.59. The highest BCUT2D eigenvalue weighted by molar-refractivity contribution is 9.10. The van der Waals surface area contributed by atoms with Crippen molar-refractivity contribution in [3.8, 4) is 5.75 Å². The molecule has 0 heterocycles. The number of carbonyl (C=O) groups is 1. The fraction of sp³-hybridized carbons (Fsp3) is 0.0714. The van der Waals surface area contributed by atoms with E-state index in [0.29, 0.717) is 22.0 Å². The van der Waals surface area contributed by atoms with Crippen LogP contribution in [0.2, 0.25) is 5.02 Å². The minimum absolute atomic E-state index is 0.225. The summed E-state index contributed by atoms with van der Waals surface area (Å²) in [5, 5.41) is 3.29. The van der Waals surface area contributed by atoms with Gasteiger partial charge in [-0.25, -0.2) is 0 Å². The molecule has 0 bridgehead atoms. The molecule has 0 aliphatic rings. The van der Waals surface area contributed by atoms with Crippen LogP contribution in [-0.2, 0) is 0 Å². The third-order valence-corrected chi connectivity index (χ3v) is 4.44. The standard InChI is InChI=1S/C14H10Br2ClNO2/c1-20-13-5-3-9(7-11(13)16)18-14(19)8-2-4-10(15)12(17)6-8/h2-7H,1H3,(H,18,19). The third-order valence-electron chi connectivity index (χ3n) is 2.59. The molecular formula is C14H10Br2ClNO2. The zero-order valence-corrected chi connectivity index (χ0v) is 14.3. The van der Waals surface area contributed by atoms with Gasteiger partial charge in [0.2, 0.25) is 0 Å². The summed E-state index contributed by atoms with van der Waals surface area (Å²) in [6, 6.07) is 10.4. The van der Waals surface area contributed by atoms with E-state index in [9.17, 15) is 4.79 Å². The van der Waals surface area contributed by atoms with Crippen molar-refractivity contribution in [2.45, 2.75) is 0 Å². The molecule has 0 aliphatic carbocycles. The van der Waals surface area contributed by atoms with Crippen molar-refractivity contribution in [1.82, 2.24) is 0 Å². The van der Waals surface area contributed by atoms with Gasteiger partial charge in [-0.1, -0.05) is 11.6 Å². The van der Waals surface area contributed by atoms with Gasteiger partial charge in [-0.3, -0.25) is 4.79 Å². The van der Waals surface area contributed by atoms with Crippen LogP contribution in [0, 0.1) is 0 Å². The second-order valence-electron chi connectivity index (χ2n) is 3.93. The Balaban J connectivity index is 2.19. The lowest BCUT2D eigenvalue weighted by Crippen LogP contribution is -2.11. The smallest absolute Gasteiger partial charge is 0.255 e. The molecule has 104 valence electrons. The Morgan fingerprint density at radius 2 is 1.90 bits per heavy atom. The average molecular weight is 420 g/mol. The van der Waals surface area contributed by atoms with Crippen LogP contribution < -0.4 is 10.1 Å². The van der Waals surface area contributed by atoms with Gasteiger partial charge in [0.1, 0.15) is 5.75 Å². The lowest BCUT2D eigenvalue weighted by molar-refractivity contribution is 0.102. The predicted octanol–water partition coefficient (Wildman–Crippen LogP) is 5.13. The monoisotopic (exact) mass is 417 g/mol. The number of anilines is 1. The first-order chi connectivity index (χ1) is 9.51. The van der Waals surface area contributed by atoms with Gasteiger partial charge in [-0.05, 0) is 68.3 Å². The van der Waals surface area contributed by atoms with E-state index in [-0.39, 0.29) is 5.91 Å². The molecule has 0 aliphatic heterocycles. The molecule has 3 nitrogen and oxygen atoms in total. The van der Waals surface area contributed by atoms with E-state index in [0.717, 1.165) is 8.95 Å². The minimum Gasteiger partial charge on any atom is -0.496 e. The molecule has 0 unspecified atom stereocenters. The molecule has 0 saturated carbocycles. The van der Waals surface area contributed by atoms with E-state index in [2.05, 4.69) is 37.2 Å². The molecule has 0 saturated heterocycles. The molecular weight excluding hydrogens is 409 g/mol. The molecule has 6 heteroatoms. The van der Waals surface area contributed by atoms with Gasteiger partial charge in [-0.15, -0.1) is 0 Å². The van der Waals surface area contributed by atoms with Crippen LogP contribution in [-0.4, -0.2) is 13.0 Å². The molecule has 2 aromatic carbocycles. The van der Waals surface area contributed by atoms with Gasteiger partial charge in [0.05, 0.1) is 16.6 Å². The summed E-state index contributed by atoms with van der Waals surface area (Å²) in [6.07, 6.45) is 0. The molecule has 0 atom stereocenters. The molecule has 0 spiro atoms. The molecule has 1 N–H and O–H groups in total. The second kappa shape index (κ2) is 6.61. The van der Waals surface area contributed by atoms with Crippen molar-refractivity contribution in [1.29, 1.82) is 0 Å². The number of ether oxygens (including phenoxy) is 1. The van der Waals surface area contributed by atoms with Gasteiger partial charge >= 0.3 is 0 Å². The zero-order valence-electron chi connectivity index (χ0n) is 10.4. The summed E-state index contributed by atoms with van der Waals surface area (Å²) in [4.78, 5) is 12.1. The molecule has 0 aromatic heterocycles. The van der Waals surface area contributed by atoms with E-state index in [4.69, 9.17) is 16.3 Å². The minimum atomic E-state index is -0.225. The van der Waals surface area contributed by atoms with E-state index < -0.39 is 0 Å². The highest BCUT2D eigenvalue weighted by Gasteiger charge is 2.09. The molecule has 1 amide bonds. The Morgan fingerprint density at radius 3 is 2.50 bits per heavy atom. The maximum atomic E-state index is 12.1. The Hall–Kier alpha value is -1.04. The van der Waals surface area contributed by atoms with Crippen molar-refractivity contribution < 1.29 is 9.53 Å². The van der Waals surface area contributed by atoms with Gasteiger partial charge in [0, 0.05) is 15.7 Å². The number of carbonyl (C=O) groups excluding carboxylic acids is 1. The van der Waals surface area contributed by atoms with Crippen LogP contribution in [0.5, 0.6) is 5.75 Å². The fourth-order valence-corrected chi connectivity index (χ4v) is 2.55. The number of rotatable bonds is 3. The Labute approximate surface area is 138 Å². The first kappa shape index (κ1) is 15.4. The van der Waals surface area contributed by atoms with Crippen LogP contribution in [0.25, 0.3) is 0 Å². The molecule has 2 rings (SSSR count). The maximum absolute atomic E-state index is 12.1. The van der Waals surface area contributed by atoms with Gasteiger partial charge in [0.15, 0.2) is 0 Å². The summed E-state index contributed by atoms with van der Waals surface area (Å²) in [6.45, 7) is 0. The SMILES string of the molecule is COc1ccc(NC(=O)c2ccc(Br)c(Cl)c2)cc1Br. The van der Waals surface area contributed by atoms with Crippen LogP contribution >= 0.6 is 43.5 Å². The second-order valence-corrected chi connectivity index (χ2v) is 6.05. The highest BCUT2D eigenvalue weighted by atomic mass is 79.9. The van der Waals surface area contributed by atoms with Gasteiger partial charge in [0.25, 0.3) is 5.91 Å². The number of hydrogen-bond acceptors (Lipinski definition) is 2. The van der Waals surface area contributed by atoms with Gasteiger partial charge < -0.3 is 10.1 Å². The topological polar surface area (TPSA) is 38.3 Å². The maximum Gasteiger partial charge on any atom is 0.255 e. The largest absolute Gasteiger partial charge is 0.496 e. The number of benzene rings is 2. The number of methoxy groups -OCH3 is 1. The van der Waals surface area contributed by atoms with Crippen LogP contribution in [0.3, 0.4) is 0 Å². The lowest BCUT2D eigenvalue weighted by atomic mass is 10.2. The van der Waals surface area contributed by atoms with Crippen LogP contribution in [0.15, 0.2) is 45.3 Å².